The number of allylic oxidation sites excluding steroid dienone is 1. The third-order valence-electron chi connectivity index (χ3n) is 7.57. The number of aromatic nitrogens is 7. The van der Waals surface area contributed by atoms with Gasteiger partial charge in [-0.2, -0.15) is 5.10 Å². The molecule has 192 valence electrons. The number of anilines is 1. The number of H-pyrrole nitrogens is 2. The first-order valence-electron chi connectivity index (χ1n) is 13.4. The van der Waals surface area contributed by atoms with Crippen LogP contribution in [0.2, 0.25) is 0 Å². The molecule has 3 N–H and O–H groups in total. The summed E-state index contributed by atoms with van der Waals surface area (Å²) in [7, 11) is 0. The van der Waals surface area contributed by atoms with Gasteiger partial charge in [0.2, 0.25) is 0 Å². The SMILES string of the molecule is C=C(Nc1cncc(-c2ccc3[nH]nc(-c4nc5c(-c6ccncc6)cccc5[nH]4)c3n2)c1)C1CCCCC1. The fourth-order valence-corrected chi connectivity index (χ4v) is 5.52. The first kappa shape index (κ1) is 23.3. The number of rotatable bonds is 6. The summed E-state index contributed by atoms with van der Waals surface area (Å²) in [5.74, 6) is 1.19. The zero-order valence-corrected chi connectivity index (χ0v) is 21.5. The van der Waals surface area contributed by atoms with E-state index in [0.717, 1.165) is 55.8 Å². The minimum absolute atomic E-state index is 0.522. The molecule has 8 heteroatoms. The van der Waals surface area contributed by atoms with Crippen molar-refractivity contribution < 1.29 is 0 Å². The van der Waals surface area contributed by atoms with Crippen molar-refractivity contribution in [2.75, 3.05) is 5.32 Å². The Morgan fingerprint density at radius 1 is 0.846 bits per heavy atom. The zero-order valence-electron chi connectivity index (χ0n) is 21.5. The number of pyridine rings is 3. The van der Waals surface area contributed by atoms with Gasteiger partial charge in [0.25, 0.3) is 0 Å². The van der Waals surface area contributed by atoms with Crippen LogP contribution in [0.1, 0.15) is 32.1 Å². The number of para-hydroxylation sites is 1. The predicted molar refractivity (Wildman–Crippen MR) is 155 cm³/mol. The summed E-state index contributed by atoms with van der Waals surface area (Å²) >= 11 is 0. The van der Waals surface area contributed by atoms with E-state index in [1.165, 1.54) is 32.1 Å². The minimum atomic E-state index is 0.522. The highest BCUT2D eigenvalue weighted by molar-refractivity contribution is 5.96. The van der Waals surface area contributed by atoms with Gasteiger partial charge in [0, 0.05) is 35.4 Å². The number of aromatic amines is 2. The van der Waals surface area contributed by atoms with Crippen molar-refractivity contribution in [1.82, 2.24) is 35.1 Å². The van der Waals surface area contributed by atoms with E-state index < -0.39 is 0 Å². The maximum absolute atomic E-state index is 4.99. The van der Waals surface area contributed by atoms with Gasteiger partial charge in [-0.05, 0) is 60.7 Å². The van der Waals surface area contributed by atoms with Gasteiger partial charge in [-0.1, -0.05) is 38.0 Å². The normalized spacial score (nSPS) is 14.2. The Morgan fingerprint density at radius 3 is 2.59 bits per heavy atom. The molecule has 0 bridgehead atoms. The van der Waals surface area contributed by atoms with Crippen LogP contribution < -0.4 is 5.32 Å². The molecule has 7 rings (SSSR count). The second-order valence-corrected chi connectivity index (χ2v) is 10.1. The van der Waals surface area contributed by atoms with E-state index in [0.29, 0.717) is 17.4 Å². The van der Waals surface area contributed by atoms with Gasteiger partial charge in [0.15, 0.2) is 11.5 Å². The van der Waals surface area contributed by atoms with Crippen LogP contribution in [0, 0.1) is 5.92 Å². The fraction of sp³-hybridized carbons (Fsp3) is 0.194. The molecule has 0 spiro atoms. The summed E-state index contributed by atoms with van der Waals surface area (Å²) in [6.45, 7) is 4.32. The summed E-state index contributed by atoms with van der Waals surface area (Å²) < 4.78 is 0. The van der Waals surface area contributed by atoms with E-state index in [1.54, 1.807) is 12.4 Å². The molecule has 0 amide bonds. The predicted octanol–water partition coefficient (Wildman–Crippen LogP) is 7.13. The van der Waals surface area contributed by atoms with E-state index in [-0.39, 0.29) is 0 Å². The molecule has 5 heterocycles. The molecule has 8 nitrogen and oxygen atoms in total. The molecule has 39 heavy (non-hydrogen) atoms. The van der Waals surface area contributed by atoms with Crippen LogP contribution in [0.15, 0.2) is 85.6 Å². The molecule has 1 aromatic carbocycles. The molecule has 1 fully saturated rings. The Bertz CT molecular complexity index is 1790. The van der Waals surface area contributed by atoms with Gasteiger partial charge in [0.05, 0.1) is 34.1 Å². The summed E-state index contributed by atoms with van der Waals surface area (Å²) in [5.41, 5.74) is 9.94. The maximum Gasteiger partial charge on any atom is 0.161 e. The molecule has 1 saturated carbocycles. The molecular weight excluding hydrogens is 484 g/mol. The standard InChI is InChI=1S/C31H28N8/c1-19(20-6-3-2-4-7-20)34-23-16-22(17-33-18-23)25-10-11-27-29(35-25)30(39-38-27)31-36-26-9-5-8-24(28(26)37-31)21-12-14-32-15-13-21/h5,8-18,20,34H,1-4,6-7H2,(H,36,37)(H,38,39). The van der Waals surface area contributed by atoms with Gasteiger partial charge in [-0.15, -0.1) is 0 Å². The van der Waals surface area contributed by atoms with Crippen molar-refractivity contribution >= 4 is 27.8 Å². The third-order valence-corrected chi connectivity index (χ3v) is 7.57. The van der Waals surface area contributed by atoms with E-state index in [4.69, 9.17) is 9.97 Å². The first-order chi connectivity index (χ1) is 19.2. The molecular formula is C31H28N8. The van der Waals surface area contributed by atoms with Crippen LogP contribution in [-0.4, -0.2) is 35.1 Å². The second kappa shape index (κ2) is 9.79. The molecule has 6 aromatic rings. The van der Waals surface area contributed by atoms with Crippen LogP contribution in [0.4, 0.5) is 5.69 Å². The van der Waals surface area contributed by atoms with Crippen molar-refractivity contribution in [1.29, 1.82) is 0 Å². The number of imidazole rings is 1. The first-order valence-corrected chi connectivity index (χ1v) is 13.4. The molecule has 0 aliphatic heterocycles. The molecule has 0 radical (unpaired) electrons. The van der Waals surface area contributed by atoms with Crippen molar-refractivity contribution in [2.45, 2.75) is 32.1 Å². The molecule has 0 saturated heterocycles. The lowest BCUT2D eigenvalue weighted by molar-refractivity contribution is 0.405. The second-order valence-electron chi connectivity index (χ2n) is 10.1. The number of nitrogens with zero attached hydrogens (tertiary/aromatic N) is 5. The van der Waals surface area contributed by atoms with Crippen molar-refractivity contribution in [2.24, 2.45) is 5.92 Å². The number of benzene rings is 1. The number of hydrogen-bond acceptors (Lipinski definition) is 6. The molecule has 1 aliphatic carbocycles. The Kier molecular flexibility index (Phi) is 5.85. The fourth-order valence-electron chi connectivity index (χ4n) is 5.52. The Morgan fingerprint density at radius 2 is 1.72 bits per heavy atom. The quantitative estimate of drug-likeness (QED) is 0.219. The highest BCUT2D eigenvalue weighted by Gasteiger charge is 2.18. The average molecular weight is 513 g/mol. The van der Waals surface area contributed by atoms with Crippen LogP contribution in [-0.2, 0) is 0 Å². The smallest absolute Gasteiger partial charge is 0.161 e. The van der Waals surface area contributed by atoms with E-state index in [9.17, 15) is 0 Å². The van der Waals surface area contributed by atoms with Gasteiger partial charge in [0.1, 0.15) is 5.52 Å². The van der Waals surface area contributed by atoms with E-state index in [1.807, 2.05) is 48.8 Å². The summed E-state index contributed by atoms with van der Waals surface area (Å²) in [4.78, 5) is 22.0. The van der Waals surface area contributed by atoms with Crippen LogP contribution in [0.5, 0.6) is 0 Å². The Balaban J connectivity index is 1.23. The average Bonchev–Trinajstić information content (AvgIpc) is 3.62. The van der Waals surface area contributed by atoms with Gasteiger partial charge >= 0.3 is 0 Å². The lowest BCUT2D eigenvalue weighted by Gasteiger charge is -2.24. The molecule has 0 atom stereocenters. The highest BCUT2D eigenvalue weighted by Crippen LogP contribution is 2.33. The zero-order chi connectivity index (χ0) is 26.2. The van der Waals surface area contributed by atoms with Crippen LogP contribution in [0.3, 0.4) is 0 Å². The molecule has 5 aromatic heterocycles. The Labute approximate surface area is 225 Å². The number of fused-ring (bicyclic) bond motifs is 2. The van der Waals surface area contributed by atoms with Crippen LogP contribution in [0.25, 0.3) is 56.0 Å². The van der Waals surface area contributed by atoms with E-state index >= 15 is 0 Å². The molecule has 0 unspecified atom stereocenters. The van der Waals surface area contributed by atoms with Crippen molar-refractivity contribution in [3.63, 3.8) is 0 Å². The number of nitrogens with one attached hydrogen (secondary N) is 3. The minimum Gasteiger partial charge on any atom is -0.358 e. The lowest BCUT2D eigenvalue weighted by atomic mass is 9.87. The maximum atomic E-state index is 4.99. The van der Waals surface area contributed by atoms with Crippen molar-refractivity contribution in [3.05, 3.63) is 85.6 Å². The largest absolute Gasteiger partial charge is 0.358 e. The Hall–Kier alpha value is -4.85. The van der Waals surface area contributed by atoms with Gasteiger partial charge in [-0.25, -0.2) is 9.97 Å². The van der Waals surface area contributed by atoms with Gasteiger partial charge < -0.3 is 10.3 Å². The van der Waals surface area contributed by atoms with Gasteiger partial charge in [-0.3, -0.25) is 15.1 Å². The van der Waals surface area contributed by atoms with E-state index in [2.05, 4.69) is 49.2 Å². The number of hydrogen-bond donors (Lipinski definition) is 3. The molecule has 1 aliphatic rings. The summed E-state index contributed by atoms with van der Waals surface area (Å²) in [6.07, 6.45) is 13.5. The summed E-state index contributed by atoms with van der Waals surface area (Å²) in [5, 5.41) is 11.2. The van der Waals surface area contributed by atoms with Crippen molar-refractivity contribution in [3.8, 4) is 33.9 Å². The monoisotopic (exact) mass is 512 g/mol. The lowest BCUT2D eigenvalue weighted by Crippen LogP contribution is -2.14. The topological polar surface area (TPSA) is 108 Å². The third kappa shape index (κ3) is 4.44. The highest BCUT2D eigenvalue weighted by atomic mass is 15.1. The van der Waals surface area contributed by atoms with Crippen LogP contribution >= 0.6 is 0 Å². The summed E-state index contributed by atoms with van der Waals surface area (Å²) in [6, 6.07) is 16.2.